The molecule has 2 saturated heterocycles. The topological polar surface area (TPSA) is 81.8 Å². The number of amides is 2. The third-order valence-corrected chi connectivity index (χ3v) is 5.61. The summed E-state index contributed by atoms with van der Waals surface area (Å²) in [5.41, 5.74) is 1.99. The number of H-pyrrole nitrogens is 1. The summed E-state index contributed by atoms with van der Waals surface area (Å²) < 4.78 is 5.37. The van der Waals surface area contributed by atoms with Gasteiger partial charge >= 0.3 is 0 Å². The summed E-state index contributed by atoms with van der Waals surface area (Å²) in [4.78, 5) is 31.2. The van der Waals surface area contributed by atoms with Crippen molar-refractivity contribution in [2.45, 2.75) is 39.2 Å². The van der Waals surface area contributed by atoms with Crippen molar-refractivity contribution in [2.24, 2.45) is 5.92 Å². The van der Waals surface area contributed by atoms with E-state index in [1.165, 1.54) is 0 Å². The van der Waals surface area contributed by atoms with Crippen molar-refractivity contribution in [3.05, 3.63) is 17.5 Å². The minimum Gasteiger partial charge on any atom is -0.379 e. The predicted octanol–water partition coefficient (Wildman–Crippen LogP) is 0.891. The molecule has 0 spiro atoms. The minimum atomic E-state index is -0.120. The van der Waals surface area contributed by atoms with Crippen LogP contribution in [-0.2, 0) is 27.3 Å². The van der Waals surface area contributed by atoms with Crippen LogP contribution in [0.2, 0.25) is 0 Å². The quantitative estimate of drug-likeness (QED) is 0.712. The van der Waals surface area contributed by atoms with Gasteiger partial charge in [-0.05, 0) is 18.9 Å². The molecule has 8 heteroatoms. The number of nitrogens with zero attached hydrogens (tertiary/aromatic N) is 4. The van der Waals surface area contributed by atoms with E-state index in [1.54, 1.807) is 4.90 Å². The van der Waals surface area contributed by atoms with Crippen molar-refractivity contribution in [3.63, 3.8) is 0 Å². The number of hydrogen-bond acceptors (Lipinski definition) is 5. The van der Waals surface area contributed by atoms with Crippen LogP contribution in [0.5, 0.6) is 0 Å². The number of likely N-dealkylation sites (tertiary alicyclic amines) is 1. The van der Waals surface area contributed by atoms with Gasteiger partial charge in [-0.1, -0.05) is 13.3 Å². The van der Waals surface area contributed by atoms with Crippen molar-refractivity contribution in [3.8, 4) is 0 Å². The van der Waals surface area contributed by atoms with E-state index in [1.807, 2.05) is 18.0 Å². The number of carbonyl (C=O) groups excluding carboxylic acids is 2. The van der Waals surface area contributed by atoms with Crippen molar-refractivity contribution >= 4 is 11.8 Å². The molecule has 156 valence electrons. The summed E-state index contributed by atoms with van der Waals surface area (Å²) in [6.07, 6.45) is 3.09. The van der Waals surface area contributed by atoms with Crippen LogP contribution in [-0.4, -0.2) is 89.7 Å². The molecule has 3 rings (SSSR count). The highest BCUT2D eigenvalue weighted by molar-refractivity contribution is 5.83. The highest BCUT2D eigenvalue weighted by Crippen LogP contribution is 2.20. The van der Waals surface area contributed by atoms with E-state index in [4.69, 9.17) is 4.74 Å². The Morgan fingerprint density at radius 3 is 2.89 bits per heavy atom. The van der Waals surface area contributed by atoms with E-state index in [-0.39, 0.29) is 17.7 Å². The number of morpholine rings is 1. The fourth-order valence-corrected chi connectivity index (χ4v) is 3.94. The molecule has 1 aromatic heterocycles. The minimum absolute atomic E-state index is 0.107. The summed E-state index contributed by atoms with van der Waals surface area (Å²) >= 11 is 0. The second-order valence-corrected chi connectivity index (χ2v) is 7.86. The van der Waals surface area contributed by atoms with Crippen molar-refractivity contribution < 1.29 is 14.3 Å². The third kappa shape index (κ3) is 5.54. The maximum absolute atomic E-state index is 12.9. The van der Waals surface area contributed by atoms with Crippen molar-refractivity contribution in [1.29, 1.82) is 0 Å². The van der Waals surface area contributed by atoms with Crippen LogP contribution >= 0.6 is 0 Å². The number of aryl methyl sites for hydroxylation is 1. The Morgan fingerprint density at radius 2 is 2.14 bits per heavy atom. The van der Waals surface area contributed by atoms with Crippen LogP contribution < -0.4 is 0 Å². The number of aromatic amines is 1. The molecular formula is C20H33N5O3. The summed E-state index contributed by atoms with van der Waals surface area (Å²) in [7, 11) is 1.83. The largest absolute Gasteiger partial charge is 0.379 e. The monoisotopic (exact) mass is 391 g/mol. The highest BCUT2D eigenvalue weighted by atomic mass is 16.5. The Kier molecular flexibility index (Phi) is 7.44. The van der Waals surface area contributed by atoms with Gasteiger partial charge in [0.25, 0.3) is 0 Å². The zero-order valence-electron chi connectivity index (χ0n) is 17.2. The number of ether oxygens (including phenoxy) is 1. The molecule has 1 N–H and O–H groups in total. The molecule has 28 heavy (non-hydrogen) atoms. The summed E-state index contributed by atoms with van der Waals surface area (Å²) in [5.74, 6) is 0.152. The smallest absolute Gasteiger partial charge is 0.227 e. The number of carbonyl (C=O) groups is 2. The fraction of sp³-hybridized carbons (Fsp3) is 0.750. The Hall–Kier alpha value is -1.93. The van der Waals surface area contributed by atoms with Crippen LogP contribution in [0.3, 0.4) is 0 Å². The maximum Gasteiger partial charge on any atom is 0.227 e. The Balaban J connectivity index is 1.49. The van der Waals surface area contributed by atoms with E-state index in [0.29, 0.717) is 32.5 Å². The highest BCUT2D eigenvalue weighted by Gasteiger charge is 2.32. The standard InChI is InChI=1S/C20H33N5O3/c1-3-4-17-13-18(22-21-17)15-23(2)20(27)16-5-6-19(26)25(14-16)8-7-24-9-11-28-12-10-24/h13,16H,3-12,14-15H2,1-2H3,(H,21,22). The number of hydrogen-bond donors (Lipinski definition) is 1. The van der Waals surface area contributed by atoms with Gasteiger partial charge in [-0.2, -0.15) is 5.10 Å². The molecule has 2 amide bonds. The third-order valence-electron chi connectivity index (χ3n) is 5.61. The van der Waals surface area contributed by atoms with Crippen molar-refractivity contribution in [2.75, 3.05) is 53.0 Å². The Bertz CT molecular complexity index is 656. The molecule has 8 nitrogen and oxygen atoms in total. The molecule has 3 heterocycles. The zero-order valence-corrected chi connectivity index (χ0v) is 17.2. The van der Waals surface area contributed by atoms with Gasteiger partial charge in [0.2, 0.25) is 11.8 Å². The first-order valence-corrected chi connectivity index (χ1v) is 10.4. The Labute approximate surface area is 167 Å². The molecule has 1 aromatic rings. The lowest BCUT2D eigenvalue weighted by atomic mass is 9.96. The lowest BCUT2D eigenvalue weighted by Gasteiger charge is -2.35. The maximum atomic E-state index is 12.9. The normalized spacial score (nSPS) is 21.1. The molecule has 2 fully saturated rings. The summed E-state index contributed by atoms with van der Waals surface area (Å²) in [6, 6.07) is 2.03. The van der Waals surface area contributed by atoms with Crippen LogP contribution in [0.1, 0.15) is 37.6 Å². The van der Waals surface area contributed by atoms with Crippen LogP contribution in [0.15, 0.2) is 6.07 Å². The lowest BCUT2D eigenvalue weighted by molar-refractivity contribution is -0.142. The first-order chi connectivity index (χ1) is 13.6. The molecule has 1 unspecified atom stereocenters. The fourth-order valence-electron chi connectivity index (χ4n) is 3.94. The average Bonchev–Trinajstić information content (AvgIpc) is 3.14. The average molecular weight is 392 g/mol. The van der Waals surface area contributed by atoms with Gasteiger partial charge in [0.05, 0.1) is 37.1 Å². The zero-order chi connectivity index (χ0) is 19.9. The van der Waals surface area contributed by atoms with Gasteiger partial charge in [0.1, 0.15) is 0 Å². The second kappa shape index (κ2) is 10.0. The first kappa shape index (κ1) is 20.8. The molecule has 2 aliphatic rings. The first-order valence-electron chi connectivity index (χ1n) is 10.4. The van der Waals surface area contributed by atoms with E-state index < -0.39 is 0 Å². The van der Waals surface area contributed by atoms with E-state index in [0.717, 1.165) is 57.1 Å². The molecule has 0 bridgehead atoms. The SMILES string of the molecule is CCCc1cc(CN(C)C(=O)C2CCC(=O)N(CCN3CCOCC3)C2)[nH]n1. The predicted molar refractivity (Wildman–Crippen MR) is 106 cm³/mol. The summed E-state index contributed by atoms with van der Waals surface area (Å²) in [5, 5.41) is 7.32. The van der Waals surface area contributed by atoms with Gasteiger partial charge in [-0.25, -0.2) is 0 Å². The molecule has 0 aliphatic carbocycles. The van der Waals surface area contributed by atoms with Gasteiger partial charge in [0.15, 0.2) is 0 Å². The van der Waals surface area contributed by atoms with E-state index in [2.05, 4.69) is 22.0 Å². The summed E-state index contributed by atoms with van der Waals surface area (Å²) in [6.45, 7) is 8.05. The van der Waals surface area contributed by atoms with Gasteiger partial charge in [0, 0.05) is 46.2 Å². The number of rotatable bonds is 8. The van der Waals surface area contributed by atoms with Gasteiger partial charge < -0.3 is 14.5 Å². The van der Waals surface area contributed by atoms with Gasteiger partial charge in [-0.3, -0.25) is 19.6 Å². The van der Waals surface area contributed by atoms with E-state index in [9.17, 15) is 9.59 Å². The molecule has 0 saturated carbocycles. The van der Waals surface area contributed by atoms with E-state index >= 15 is 0 Å². The molecule has 0 aromatic carbocycles. The Morgan fingerprint density at radius 1 is 1.36 bits per heavy atom. The number of nitrogens with one attached hydrogen (secondary N) is 1. The van der Waals surface area contributed by atoms with Crippen LogP contribution in [0.4, 0.5) is 0 Å². The lowest BCUT2D eigenvalue weighted by Crippen LogP contribution is -2.49. The molecular weight excluding hydrogens is 358 g/mol. The number of piperidine rings is 1. The molecule has 1 atom stereocenters. The van der Waals surface area contributed by atoms with Gasteiger partial charge in [-0.15, -0.1) is 0 Å². The molecule has 0 radical (unpaired) electrons. The second-order valence-electron chi connectivity index (χ2n) is 7.86. The van der Waals surface area contributed by atoms with Crippen LogP contribution in [0.25, 0.3) is 0 Å². The molecule has 2 aliphatic heterocycles. The number of aromatic nitrogens is 2. The van der Waals surface area contributed by atoms with Crippen LogP contribution in [0, 0.1) is 5.92 Å². The van der Waals surface area contributed by atoms with Crippen molar-refractivity contribution in [1.82, 2.24) is 24.9 Å².